The van der Waals surface area contributed by atoms with Crippen LogP contribution in [0, 0.1) is 11.3 Å². The number of allylic oxidation sites excluding steroid dienone is 2. The van der Waals surface area contributed by atoms with E-state index in [-0.39, 0.29) is 5.57 Å². The van der Waals surface area contributed by atoms with Gasteiger partial charge >= 0.3 is 0 Å². The van der Waals surface area contributed by atoms with E-state index in [9.17, 15) is 4.39 Å². The van der Waals surface area contributed by atoms with Crippen LogP contribution in [0.2, 0.25) is 0 Å². The zero-order valence-electron chi connectivity index (χ0n) is 4.33. The minimum absolute atomic E-state index is 0.153. The van der Waals surface area contributed by atoms with E-state index < -0.39 is 5.83 Å². The van der Waals surface area contributed by atoms with Crippen molar-refractivity contribution in [3.05, 3.63) is 11.4 Å². The van der Waals surface area contributed by atoms with Crippen molar-refractivity contribution < 1.29 is 4.39 Å². The summed E-state index contributed by atoms with van der Waals surface area (Å²) in [6.07, 6.45) is 0. The molecular formula is C5H6FN. The quantitative estimate of drug-likeness (QED) is 0.424. The van der Waals surface area contributed by atoms with Gasteiger partial charge in [-0.3, -0.25) is 0 Å². The maximum absolute atomic E-state index is 11.8. The van der Waals surface area contributed by atoms with Crippen molar-refractivity contribution in [1.82, 2.24) is 0 Å². The second-order valence-corrected chi connectivity index (χ2v) is 1.27. The first-order chi connectivity index (χ1) is 3.18. The van der Waals surface area contributed by atoms with Crippen LogP contribution in [-0.4, -0.2) is 0 Å². The first kappa shape index (κ1) is 6.16. The summed E-state index contributed by atoms with van der Waals surface area (Å²) in [6.45, 7) is 2.70. The molecule has 2 heteroatoms. The van der Waals surface area contributed by atoms with Crippen LogP contribution in [0.15, 0.2) is 11.4 Å². The normalized spacial score (nSPS) is 12.3. The summed E-state index contributed by atoms with van der Waals surface area (Å²) in [5.74, 6) is -0.400. The van der Waals surface area contributed by atoms with Crippen molar-refractivity contribution in [2.24, 2.45) is 0 Å². The van der Waals surface area contributed by atoms with Crippen molar-refractivity contribution in [3.8, 4) is 6.07 Å². The number of hydrogen-bond acceptors (Lipinski definition) is 1. The Morgan fingerprint density at radius 3 is 2.00 bits per heavy atom. The molecule has 0 fully saturated rings. The molecule has 0 bridgehead atoms. The number of hydrogen-bond donors (Lipinski definition) is 0. The summed E-state index contributed by atoms with van der Waals surface area (Å²) >= 11 is 0. The van der Waals surface area contributed by atoms with E-state index in [4.69, 9.17) is 5.26 Å². The van der Waals surface area contributed by atoms with E-state index in [1.54, 1.807) is 6.07 Å². The van der Waals surface area contributed by atoms with Crippen LogP contribution in [0.1, 0.15) is 13.8 Å². The molecule has 0 amide bonds. The summed E-state index contributed by atoms with van der Waals surface area (Å²) in [4.78, 5) is 0. The van der Waals surface area contributed by atoms with E-state index in [0.29, 0.717) is 0 Å². The van der Waals surface area contributed by atoms with E-state index in [0.717, 1.165) is 0 Å². The SMILES string of the molecule is C/C(F)=C(\C)C#N. The molecule has 0 aliphatic carbocycles. The third-order valence-electron chi connectivity index (χ3n) is 0.684. The number of nitrogens with zero attached hydrogens (tertiary/aromatic N) is 1. The summed E-state index contributed by atoms with van der Waals surface area (Å²) < 4.78 is 11.8. The average Bonchev–Trinajstić information content (AvgIpc) is 1.65. The lowest BCUT2D eigenvalue weighted by molar-refractivity contribution is 0.632. The maximum Gasteiger partial charge on any atom is 0.110 e. The highest BCUT2D eigenvalue weighted by Crippen LogP contribution is 2.00. The Balaban J connectivity index is 4.07. The Kier molecular flexibility index (Phi) is 2.07. The van der Waals surface area contributed by atoms with Gasteiger partial charge in [0.15, 0.2) is 0 Å². The fraction of sp³-hybridized carbons (Fsp3) is 0.400. The van der Waals surface area contributed by atoms with Gasteiger partial charge in [-0.15, -0.1) is 0 Å². The second-order valence-electron chi connectivity index (χ2n) is 1.27. The Labute approximate surface area is 42.1 Å². The van der Waals surface area contributed by atoms with Gasteiger partial charge in [0.25, 0.3) is 0 Å². The molecule has 0 aliphatic rings. The molecule has 0 radical (unpaired) electrons. The highest BCUT2D eigenvalue weighted by molar-refractivity contribution is 5.19. The van der Waals surface area contributed by atoms with Crippen LogP contribution in [0.3, 0.4) is 0 Å². The van der Waals surface area contributed by atoms with Gasteiger partial charge in [0.2, 0.25) is 0 Å². The molecular weight excluding hydrogens is 93.1 g/mol. The van der Waals surface area contributed by atoms with Gasteiger partial charge in [0.1, 0.15) is 5.83 Å². The molecule has 0 aromatic heterocycles. The summed E-state index contributed by atoms with van der Waals surface area (Å²) in [5.41, 5.74) is 0.153. The molecule has 0 aliphatic heterocycles. The summed E-state index contributed by atoms with van der Waals surface area (Å²) in [6, 6.07) is 1.67. The second kappa shape index (κ2) is 2.35. The largest absolute Gasteiger partial charge is 0.211 e. The smallest absolute Gasteiger partial charge is 0.110 e. The van der Waals surface area contributed by atoms with E-state index in [1.165, 1.54) is 13.8 Å². The fourth-order valence-electron chi connectivity index (χ4n) is 0.0770. The highest BCUT2D eigenvalue weighted by atomic mass is 19.1. The van der Waals surface area contributed by atoms with Crippen LogP contribution in [0.5, 0.6) is 0 Å². The molecule has 1 nitrogen and oxygen atoms in total. The fourth-order valence-corrected chi connectivity index (χ4v) is 0.0770. The maximum atomic E-state index is 11.8. The van der Waals surface area contributed by atoms with Crippen molar-refractivity contribution in [1.29, 1.82) is 5.26 Å². The van der Waals surface area contributed by atoms with Gasteiger partial charge in [-0.1, -0.05) is 0 Å². The monoisotopic (exact) mass is 99.0 g/mol. The van der Waals surface area contributed by atoms with Crippen LogP contribution < -0.4 is 0 Å². The molecule has 0 spiro atoms. The topological polar surface area (TPSA) is 23.8 Å². The molecule has 0 unspecified atom stereocenters. The molecule has 0 heterocycles. The lowest BCUT2D eigenvalue weighted by Gasteiger charge is -1.80. The molecule has 0 saturated heterocycles. The summed E-state index contributed by atoms with van der Waals surface area (Å²) in [7, 11) is 0. The standard InChI is InChI=1S/C5H6FN/c1-4(3-7)5(2)6/h1-2H3/b5-4-. The third kappa shape index (κ3) is 1.94. The first-order valence-corrected chi connectivity index (χ1v) is 1.91. The van der Waals surface area contributed by atoms with Crippen molar-refractivity contribution in [2.45, 2.75) is 13.8 Å². The van der Waals surface area contributed by atoms with Crippen molar-refractivity contribution in [2.75, 3.05) is 0 Å². The minimum Gasteiger partial charge on any atom is -0.211 e. The molecule has 38 valence electrons. The van der Waals surface area contributed by atoms with Crippen LogP contribution >= 0.6 is 0 Å². The lowest BCUT2D eigenvalue weighted by atomic mass is 10.3. The number of halogens is 1. The van der Waals surface area contributed by atoms with Gasteiger partial charge in [-0.2, -0.15) is 5.26 Å². The Bertz CT molecular complexity index is 126. The number of rotatable bonds is 0. The zero-order chi connectivity index (χ0) is 5.86. The Hall–Kier alpha value is -0.840. The zero-order valence-corrected chi connectivity index (χ0v) is 4.33. The summed E-state index contributed by atoms with van der Waals surface area (Å²) in [5, 5.41) is 7.96. The van der Waals surface area contributed by atoms with Gasteiger partial charge in [0, 0.05) is 0 Å². The molecule has 0 rings (SSSR count). The number of nitriles is 1. The Morgan fingerprint density at radius 2 is 2.00 bits per heavy atom. The molecule has 0 aromatic carbocycles. The lowest BCUT2D eigenvalue weighted by Crippen LogP contribution is -1.68. The van der Waals surface area contributed by atoms with E-state index in [1.807, 2.05) is 0 Å². The van der Waals surface area contributed by atoms with E-state index >= 15 is 0 Å². The molecule has 7 heavy (non-hydrogen) atoms. The highest BCUT2D eigenvalue weighted by Gasteiger charge is 1.87. The average molecular weight is 99.1 g/mol. The molecule has 0 atom stereocenters. The van der Waals surface area contributed by atoms with Crippen molar-refractivity contribution in [3.63, 3.8) is 0 Å². The van der Waals surface area contributed by atoms with Crippen molar-refractivity contribution >= 4 is 0 Å². The van der Waals surface area contributed by atoms with Gasteiger partial charge in [-0.25, -0.2) is 4.39 Å². The Morgan fingerprint density at radius 1 is 1.57 bits per heavy atom. The van der Waals surface area contributed by atoms with Gasteiger partial charge in [0.05, 0.1) is 11.6 Å². The molecule has 0 aromatic rings. The first-order valence-electron chi connectivity index (χ1n) is 1.91. The predicted octanol–water partition coefficient (Wildman–Crippen LogP) is 1.77. The van der Waals surface area contributed by atoms with E-state index in [2.05, 4.69) is 0 Å². The minimum atomic E-state index is -0.400. The van der Waals surface area contributed by atoms with Gasteiger partial charge in [-0.05, 0) is 13.8 Å². The van der Waals surface area contributed by atoms with Gasteiger partial charge < -0.3 is 0 Å². The van der Waals surface area contributed by atoms with Crippen LogP contribution in [0.4, 0.5) is 4.39 Å². The van der Waals surface area contributed by atoms with Crippen LogP contribution in [0.25, 0.3) is 0 Å². The third-order valence-corrected chi connectivity index (χ3v) is 0.684. The van der Waals surface area contributed by atoms with Crippen LogP contribution in [-0.2, 0) is 0 Å². The predicted molar refractivity (Wildman–Crippen MR) is 25.1 cm³/mol. The molecule has 0 saturated carbocycles. The molecule has 0 N–H and O–H groups in total.